The van der Waals surface area contributed by atoms with Crippen LogP contribution in [0.15, 0.2) is 59.5 Å². The summed E-state index contributed by atoms with van der Waals surface area (Å²) in [4.78, 5) is 20.2. The summed E-state index contributed by atoms with van der Waals surface area (Å²) in [5.74, 6) is 1.54. The van der Waals surface area contributed by atoms with Crippen LogP contribution in [-0.2, 0) is 21.4 Å². The van der Waals surface area contributed by atoms with Gasteiger partial charge in [0.1, 0.15) is 11.6 Å². The summed E-state index contributed by atoms with van der Waals surface area (Å²) in [6, 6.07) is 16.7. The van der Waals surface area contributed by atoms with Crippen LogP contribution in [0.25, 0.3) is 10.9 Å². The van der Waals surface area contributed by atoms with Crippen molar-refractivity contribution in [2.24, 2.45) is 5.92 Å². The molecule has 1 atom stereocenters. The van der Waals surface area contributed by atoms with Crippen LogP contribution >= 0.6 is 0 Å². The molecule has 9 heteroatoms. The Bertz CT molecular complexity index is 1350. The van der Waals surface area contributed by atoms with E-state index in [1.165, 1.54) is 0 Å². The third kappa shape index (κ3) is 5.72. The number of rotatable bonds is 7. The second-order valence-electron chi connectivity index (χ2n) is 9.84. The van der Waals surface area contributed by atoms with E-state index in [1.54, 1.807) is 29.6 Å². The van der Waals surface area contributed by atoms with Crippen molar-refractivity contribution >= 4 is 32.7 Å². The first-order valence-electron chi connectivity index (χ1n) is 13.0. The van der Waals surface area contributed by atoms with Gasteiger partial charge in [-0.1, -0.05) is 18.6 Å². The average Bonchev–Trinajstić information content (AvgIpc) is 2.96. The lowest BCUT2D eigenvalue weighted by molar-refractivity contribution is -0.125. The molecule has 2 aliphatic rings. The van der Waals surface area contributed by atoms with Gasteiger partial charge in [0.25, 0.3) is 0 Å². The third-order valence-corrected chi connectivity index (χ3v) is 9.24. The molecule has 1 amide bonds. The SMILES string of the molecule is COc1ccc(CNC(=O)[C@@H]2CCCN(c3ccc4cc(S(=O)(=O)N5CCCCC5)ccc4n3)C2)cc1. The number of benzene rings is 2. The van der Waals surface area contributed by atoms with Crippen LogP contribution in [-0.4, -0.2) is 56.9 Å². The number of pyridine rings is 1. The smallest absolute Gasteiger partial charge is 0.243 e. The number of nitrogens with zero attached hydrogens (tertiary/aromatic N) is 3. The standard InChI is InChI=1S/C28H34N4O4S/c1-36-24-10-7-21(8-11-24)19-29-28(33)23-6-5-15-31(20-23)27-14-9-22-18-25(12-13-26(22)30-27)37(34,35)32-16-3-2-4-17-32/h7-14,18,23H,2-6,15-17,19-20H2,1H3,(H,29,33)/t23-/m1/s1. The third-order valence-electron chi connectivity index (χ3n) is 7.34. The highest BCUT2D eigenvalue weighted by molar-refractivity contribution is 7.89. The quantitative estimate of drug-likeness (QED) is 0.505. The topological polar surface area (TPSA) is 91.8 Å². The maximum absolute atomic E-state index is 13.1. The van der Waals surface area contributed by atoms with Gasteiger partial charge in [0.2, 0.25) is 15.9 Å². The lowest BCUT2D eigenvalue weighted by atomic mass is 9.97. The molecule has 0 radical (unpaired) electrons. The van der Waals surface area contributed by atoms with Crippen LogP contribution < -0.4 is 15.0 Å². The zero-order valence-electron chi connectivity index (χ0n) is 21.2. The molecular formula is C28H34N4O4S. The van der Waals surface area contributed by atoms with E-state index in [2.05, 4.69) is 10.2 Å². The fourth-order valence-electron chi connectivity index (χ4n) is 5.16. The van der Waals surface area contributed by atoms with Gasteiger partial charge in [-0.25, -0.2) is 13.4 Å². The molecular weight excluding hydrogens is 488 g/mol. The van der Waals surface area contributed by atoms with Gasteiger partial charge in [-0.3, -0.25) is 4.79 Å². The number of carbonyl (C=O) groups excluding carboxylic acids is 1. The maximum Gasteiger partial charge on any atom is 0.243 e. The number of carbonyl (C=O) groups is 1. The Morgan fingerprint density at radius 2 is 1.78 bits per heavy atom. The zero-order valence-corrected chi connectivity index (χ0v) is 22.0. The van der Waals surface area contributed by atoms with Gasteiger partial charge in [0.15, 0.2) is 0 Å². The predicted molar refractivity (Wildman–Crippen MR) is 144 cm³/mol. The number of nitrogens with one attached hydrogen (secondary N) is 1. The minimum absolute atomic E-state index is 0.0499. The van der Waals surface area contributed by atoms with Gasteiger partial charge in [-0.05, 0) is 73.7 Å². The van der Waals surface area contributed by atoms with Crippen LogP contribution in [0, 0.1) is 5.92 Å². The summed E-state index contributed by atoms with van der Waals surface area (Å²) in [6.07, 6.45) is 4.66. The van der Waals surface area contributed by atoms with Gasteiger partial charge < -0.3 is 15.0 Å². The highest BCUT2D eigenvalue weighted by Gasteiger charge is 2.28. The Balaban J connectivity index is 1.25. The van der Waals surface area contributed by atoms with Gasteiger partial charge in [-0.2, -0.15) is 4.31 Å². The van der Waals surface area contributed by atoms with E-state index in [4.69, 9.17) is 9.72 Å². The number of amides is 1. The molecule has 0 saturated carbocycles. The lowest BCUT2D eigenvalue weighted by Crippen LogP contribution is -2.43. The molecule has 0 aliphatic carbocycles. The van der Waals surface area contributed by atoms with E-state index < -0.39 is 10.0 Å². The number of ether oxygens (including phenoxy) is 1. The molecule has 1 N–H and O–H groups in total. The Morgan fingerprint density at radius 1 is 1.00 bits per heavy atom. The number of aromatic nitrogens is 1. The maximum atomic E-state index is 13.1. The molecule has 2 aromatic carbocycles. The van der Waals surface area contributed by atoms with Crippen molar-refractivity contribution < 1.29 is 17.9 Å². The molecule has 0 bridgehead atoms. The van der Waals surface area contributed by atoms with E-state index in [0.29, 0.717) is 31.1 Å². The number of anilines is 1. The summed E-state index contributed by atoms with van der Waals surface area (Å²) < 4.78 is 32.9. The molecule has 2 saturated heterocycles. The first-order valence-corrected chi connectivity index (χ1v) is 14.4. The van der Waals surface area contributed by atoms with Gasteiger partial charge in [0.05, 0.1) is 23.4 Å². The van der Waals surface area contributed by atoms with Gasteiger partial charge >= 0.3 is 0 Å². The fraction of sp³-hybridized carbons (Fsp3) is 0.429. The van der Waals surface area contributed by atoms with Crippen LogP contribution in [0.4, 0.5) is 5.82 Å². The van der Waals surface area contributed by atoms with Crippen LogP contribution in [0.1, 0.15) is 37.7 Å². The van der Waals surface area contributed by atoms with Gasteiger partial charge in [-0.15, -0.1) is 0 Å². The summed E-state index contributed by atoms with van der Waals surface area (Å²) >= 11 is 0. The number of piperidine rings is 2. The normalized spacial score (nSPS) is 19.1. The molecule has 3 aromatic rings. The van der Waals surface area contributed by atoms with E-state index in [9.17, 15) is 13.2 Å². The Kier molecular flexibility index (Phi) is 7.62. The summed E-state index contributed by atoms with van der Waals surface area (Å²) in [6.45, 7) is 3.09. The molecule has 2 aliphatic heterocycles. The van der Waals surface area contributed by atoms with Crippen molar-refractivity contribution in [1.82, 2.24) is 14.6 Å². The highest BCUT2D eigenvalue weighted by atomic mass is 32.2. The average molecular weight is 523 g/mol. The first-order chi connectivity index (χ1) is 17.9. The highest BCUT2D eigenvalue weighted by Crippen LogP contribution is 2.27. The lowest BCUT2D eigenvalue weighted by Gasteiger charge is -2.33. The Labute approximate surface area is 218 Å². The van der Waals surface area contributed by atoms with E-state index in [-0.39, 0.29) is 11.8 Å². The minimum Gasteiger partial charge on any atom is -0.497 e. The Morgan fingerprint density at radius 3 is 2.54 bits per heavy atom. The molecule has 5 rings (SSSR count). The van der Waals surface area contributed by atoms with Crippen molar-refractivity contribution in [3.05, 3.63) is 60.2 Å². The summed E-state index contributed by atoms with van der Waals surface area (Å²) in [7, 11) is -1.85. The van der Waals surface area contributed by atoms with E-state index in [1.807, 2.05) is 36.4 Å². The number of hydrogen-bond acceptors (Lipinski definition) is 6. The monoisotopic (exact) mass is 522 g/mol. The number of sulfonamides is 1. The zero-order chi connectivity index (χ0) is 25.8. The minimum atomic E-state index is -3.49. The predicted octanol–water partition coefficient (Wildman–Crippen LogP) is 3.95. The molecule has 0 spiro atoms. The van der Waals surface area contributed by atoms with Crippen molar-refractivity contribution in [1.29, 1.82) is 0 Å². The van der Waals surface area contributed by atoms with E-state index in [0.717, 1.165) is 66.7 Å². The summed E-state index contributed by atoms with van der Waals surface area (Å²) in [5.41, 5.74) is 1.78. The van der Waals surface area contributed by atoms with Crippen LogP contribution in [0.2, 0.25) is 0 Å². The van der Waals surface area contributed by atoms with Gasteiger partial charge in [0, 0.05) is 38.1 Å². The van der Waals surface area contributed by atoms with Crippen LogP contribution in [0.5, 0.6) is 5.75 Å². The van der Waals surface area contributed by atoms with Crippen LogP contribution in [0.3, 0.4) is 0 Å². The number of hydrogen-bond donors (Lipinski definition) is 1. The molecule has 0 unspecified atom stereocenters. The number of methoxy groups -OCH3 is 1. The molecule has 1 aromatic heterocycles. The number of fused-ring (bicyclic) bond motifs is 1. The summed E-state index contributed by atoms with van der Waals surface area (Å²) in [5, 5.41) is 3.87. The second kappa shape index (κ2) is 11.1. The molecule has 196 valence electrons. The van der Waals surface area contributed by atoms with Crippen molar-refractivity contribution in [3.8, 4) is 5.75 Å². The largest absolute Gasteiger partial charge is 0.497 e. The first kappa shape index (κ1) is 25.5. The molecule has 37 heavy (non-hydrogen) atoms. The Hall–Kier alpha value is -3.17. The second-order valence-corrected chi connectivity index (χ2v) is 11.8. The molecule has 3 heterocycles. The van der Waals surface area contributed by atoms with Crippen molar-refractivity contribution in [3.63, 3.8) is 0 Å². The van der Waals surface area contributed by atoms with E-state index >= 15 is 0 Å². The molecule has 2 fully saturated rings. The fourth-order valence-corrected chi connectivity index (χ4v) is 6.71. The molecule has 8 nitrogen and oxygen atoms in total. The van der Waals surface area contributed by atoms with Crippen molar-refractivity contribution in [2.45, 2.75) is 43.5 Å². The van der Waals surface area contributed by atoms with Crippen molar-refractivity contribution in [2.75, 3.05) is 38.2 Å².